The molecule has 1 saturated heterocycles. The highest BCUT2D eigenvalue weighted by molar-refractivity contribution is 5.92. The van der Waals surface area contributed by atoms with Crippen molar-refractivity contribution in [2.45, 2.75) is 18.9 Å². The Hall–Kier alpha value is -1.62. The third kappa shape index (κ3) is 2.74. The predicted octanol–water partition coefficient (Wildman–Crippen LogP) is 0.369. The highest BCUT2D eigenvalue weighted by Crippen LogP contribution is 2.19. The zero-order chi connectivity index (χ0) is 12.3. The van der Waals surface area contributed by atoms with Crippen molar-refractivity contribution in [3.8, 4) is 0 Å². The van der Waals surface area contributed by atoms with Crippen LogP contribution >= 0.6 is 0 Å². The molecule has 0 aromatic carbocycles. The van der Waals surface area contributed by atoms with Gasteiger partial charge in [0.25, 0.3) is 5.91 Å². The number of hydrogen-bond acceptors (Lipinski definition) is 4. The molecule has 2 heterocycles. The fraction of sp³-hybridized carbons (Fsp3) is 0.500. The van der Waals surface area contributed by atoms with Gasteiger partial charge in [-0.25, -0.2) is 0 Å². The average molecular weight is 234 g/mol. The van der Waals surface area contributed by atoms with Crippen LogP contribution in [0.5, 0.6) is 0 Å². The fourth-order valence-corrected chi connectivity index (χ4v) is 2.11. The van der Waals surface area contributed by atoms with Crippen molar-refractivity contribution in [1.29, 1.82) is 0 Å². The number of nitrogens with zero attached hydrogens (tertiary/aromatic N) is 2. The number of carbonyl (C=O) groups is 1. The van der Waals surface area contributed by atoms with Crippen molar-refractivity contribution in [3.63, 3.8) is 0 Å². The lowest BCUT2D eigenvalue weighted by atomic mass is 10.1. The summed E-state index contributed by atoms with van der Waals surface area (Å²) in [4.78, 5) is 17.8. The number of anilines is 1. The van der Waals surface area contributed by atoms with Gasteiger partial charge in [0, 0.05) is 38.1 Å². The number of nitrogens with two attached hydrogens (primary N) is 1. The summed E-state index contributed by atoms with van der Waals surface area (Å²) in [5, 5.41) is 2.58. The number of hydrogen-bond donors (Lipinski definition) is 2. The maximum absolute atomic E-state index is 11.5. The van der Waals surface area contributed by atoms with Crippen LogP contribution in [0.2, 0.25) is 0 Å². The second-order valence-electron chi connectivity index (χ2n) is 4.33. The summed E-state index contributed by atoms with van der Waals surface area (Å²) in [7, 11) is 1.60. The first-order valence-corrected chi connectivity index (χ1v) is 5.89. The first-order valence-electron chi connectivity index (χ1n) is 5.89. The lowest BCUT2D eigenvalue weighted by molar-refractivity contribution is 0.0958. The molecule has 92 valence electrons. The lowest BCUT2D eigenvalue weighted by Crippen LogP contribution is -2.42. The fourth-order valence-electron chi connectivity index (χ4n) is 2.11. The van der Waals surface area contributed by atoms with Gasteiger partial charge < -0.3 is 16.0 Å². The summed E-state index contributed by atoms with van der Waals surface area (Å²) in [5.41, 5.74) is 7.42. The summed E-state index contributed by atoms with van der Waals surface area (Å²) in [6, 6.07) is 3.96. The first-order chi connectivity index (χ1) is 8.20. The van der Waals surface area contributed by atoms with Gasteiger partial charge in [-0.3, -0.25) is 9.78 Å². The predicted molar refractivity (Wildman–Crippen MR) is 67.0 cm³/mol. The minimum Gasteiger partial charge on any atom is -0.370 e. The standard InChI is InChI=1S/C12H18N4O/c1-14-12(17)11-7-10(4-5-15-11)16-6-2-3-9(13)8-16/h4-5,7,9H,2-3,6,8,13H2,1H3,(H,14,17). The third-order valence-electron chi connectivity index (χ3n) is 3.03. The van der Waals surface area contributed by atoms with Gasteiger partial charge in [-0.15, -0.1) is 0 Å². The van der Waals surface area contributed by atoms with Gasteiger partial charge in [-0.05, 0) is 25.0 Å². The molecule has 1 aromatic heterocycles. The van der Waals surface area contributed by atoms with Crippen LogP contribution in [0.4, 0.5) is 5.69 Å². The third-order valence-corrected chi connectivity index (χ3v) is 3.03. The molecule has 5 nitrogen and oxygen atoms in total. The summed E-state index contributed by atoms with van der Waals surface area (Å²) in [6.07, 6.45) is 3.84. The van der Waals surface area contributed by atoms with Gasteiger partial charge in [-0.2, -0.15) is 0 Å². The van der Waals surface area contributed by atoms with E-state index in [0.717, 1.165) is 31.6 Å². The van der Waals surface area contributed by atoms with Crippen molar-refractivity contribution in [2.75, 3.05) is 25.0 Å². The topological polar surface area (TPSA) is 71.2 Å². The SMILES string of the molecule is CNC(=O)c1cc(N2CCCC(N)C2)ccn1. The van der Waals surface area contributed by atoms with Crippen LogP contribution in [0.1, 0.15) is 23.3 Å². The summed E-state index contributed by atoms with van der Waals surface area (Å²) >= 11 is 0. The molecule has 3 N–H and O–H groups in total. The Morgan fingerprint density at radius 1 is 1.65 bits per heavy atom. The molecule has 2 rings (SSSR count). The van der Waals surface area contributed by atoms with Crippen molar-refractivity contribution in [3.05, 3.63) is 24.0 Å². The molecule has 1 aromatic rings. The molecule has 0 bridgehead atoms. The Labute approximate surface area is 101 Å². The van der Waals surface area contributed by atoms with Crippen LogP contribution < -0.4 is 16.0 Å². The quantitative estimate of drug-likeness (QED) is 0.775. The van der Waals surface area contributed by atoms with Crippen molar-refractivity contribution in [1.82, 2.24) is 10.3 Å². The van der Waals surface area contributed by atoms with E-state index < -0.39 is 0 Å². The molecule has 1 atom stereocenters. The second kappa shape index (κ2) is 5.14. The first kappa shape index (κ1) is 11.9. The number of amides is 1. The molecular weight excluding hydrogens is 216 g/mol. The van der Waals surface area contributed by atoms with Crippen molar-refractivity contribution < 1.29 is 4.79 Å². The molecule has 1 unspecified atom stereocenters. The van der Waals surface area contributed by atoms with E-state index in [1.54, 1.807) is 13.2 Å². The molecule has 0 aliphatic carbocycles. The van der Waals surface area contributed by atoms with Gasteiger partial charge in [0.1, 0.15) is 5.69 Å². The number of pyridine rings is 1. The van der Waals surface area contributed by atoms with Crippen molar-refractivity contribution in [2.24, 2.45) is 5.73 Å². The van der Waals surface area contributed by atoms with E-state index in [4.69, 9.17) is 5.73 Å². The van der Waals surface area contributed by atoms with E-state index in [0.29, 0.717) is 5.69 Å². The molecule has 17 heavy (non-hydrogen) atoms. The Balaban J connectivity index is 2.17. The van der Waals surface area contributed by atoms with Crippen molar-refractivity contribution >= 4 is 11.6 Å². The summed E-state index contributed by atoms with van der Waals surface area (Å²) in [6.45, 7) is 1.84. The molecule has 1 aliphatic heterocycles. The van der Waals surface area contributed by atoms with Crippen LogP contribution in [-0.2, 0) is 0 Å². The Bertz CT molecular complexity index is 407. The number of rotatable bonds is 2. The van der Waals surface area contributed by atoms with Crippen LogP contribution in [0.15, 0.2) is 18.3 Å². The molecule has 1 amide bonds. The minimum absolute atomic E-state index is 0.159. The smallest absolute Gasteiger partial charge is 0.269 e. The summed E-state index contributed by atoms with van der Waals surface area (Å²) < 4.78 is 0. The minimum atomic E-state index is -0.159. The number of carbonyl (C=O) groups excluding carboxylic acids is 1. The number of nitrogens with one attached hydrogen (secondary N) is 1. The van der Waals surface area contributed by atoms with Gasteiger partial charge >= 0.3 is 0 Å². The second-order valence-corrected chi connectivity index (χ2v) is 4.33. The monoisotopic (exact) mass is 234 g/mol. The molecule has 0 spiro atoms. The molecule has 1 fully saturated rings. The normalized spacial score (nSPS) is 20.1. The van der Waals surface area contributed by atoms with E-state index >= 15 is 0 Å². The average Bonchev–Trinajstić information content (AvgIpc) is 2.38. The highest BCUT2D eigenvalue weighted by Gasteiger charge is 2.17. The number of aromatic nitrogens is 1. The van der Waals surface area contributed by atoms with Crippen LogP contribution in [0, 0.1) is 0 Å². The Morgan fingerprint density at radius 3 is 3.18 bits per heavy atom. The van der Waals surface area contributed by atoms with E-state index in [2.05, 4.69) is 15.2 Å². The zero-order valence-corrected chi connectivity index (χ0v) is 10.0. The molecular formula is C12H18N4O. The lowest BCUT2D eigenvalue weighted by Gasteiger charge is -2.32. The van der Waals surface area contributed by atoms with Gasteiger partial charge in [0.15, 0.2) is 0 Å². The molecule has 0 radical (unpaired) electrons. The number of piperidine rings is 1. The van der Waals surface area contributed by atoms with Crippen LogP contribution in [0.3, 0.4) is 0 Å². The maximum Gasteiger partial charge on any atom is 0.269 e. The van der Waals surface area contributed by atoms with E-state index in [1.165, 1.54) is 0 Å². The zero-order valence-electron chi connectivity index (χ0n) is 10.0. The molecule has 5 heteroatoms. The Morgan fingerprint density at radius 2 is 2.47 bits per heavy atom. The van der Waals surface area contributed by atoms with Crippen LogP contribution in [-0.4, -0.2) is 37.1 Å². The highest BCUT2D eigenvalue weighted by atomic mass is 16.1. The van der Waals surface area contributed by atoms with Gasteiger partial charge in [0.2, 0.25) is 0 Å². The maximum atomic E-state index is 11.5. The molecule has 0 saturated carbocycles. The van der Waals surface area contributed by atoms with E-state index in [-0.39, 0.29) is 11.9 Å². The van der Waals surface area contributed by atoms with Gasteiger partial charge in [0.05, 0.1) is 0 Å². The van der Waals surface area contributed by atoms with Crippen LogP contribution in [0.25, 0.3) is 0 Å². The summed E-state index contributed by atoms with van der Waals surface area (Å²) in [5.74, 6) is -0.159. The van der Waals surface area contributed by atoms with E-state index in [9.17, 15) is 4.79 Å². The molecule has 1 aliphatic rings. The van der Waals surface area contributed by atoms with E-state index in [1.807, 2.05) is 12.1 Å². The Kier molecular flexibility index (Phi) is 3.58. The van der Waals surface area contributed by atoms with Gasteiger partial charge in [-0.1, -0.05) is 0 Å². The largest absolute Gasteiger partial charge is 0.370 e.